The molecule has 4 N–H and O–H groups in total. The number of aliphatic hydroxyl groups is 1. The summed E-state index contributed by atoms with van der Waals surface area (Å²) in [7, 11) is 2.58. The Morgan fingerprint density at radius 3 is 2.24 bits per heavy atom. The largest absolute Gasteiger partial charge is 0.508 e. The van der Waals surface area contributed by atoms with Gasteiger partial charge in [-0.1, -0.05) is 62.8 Å². The highest BCUT2D eigenvalue weighted by molar-refractivity contribution is 5.93. The first kappa shape index (κ1) is 52.0. The number of nitrogens with zero attached hydrogens (tertiary/aromatic N) is 2. The summed E-state index contributed by atoms with van der Waals surface area (Å²) in [4.78, 5) is 82.5. The first-order chi connectivity index (χ1) is 34.4. The Labute approximate surface area is 414 Å². The fourth-order valence-corrected chi connectivity index (χ4v) is 11.4. The van der Waals surface area contributed by atoms with Gasteiger partial charge in [0.25, 0.3) is 0 Å². The molecule has 19 nitrogen and oxygen atoms in total. The van der Waals surface area contributed by atoms with Crippen LogP contribution in [0, 0.1) is 11.8 Å². The van der Waals surface area contributed by atoms with Gasteiger partial charge in [-0.3, -0.25) is 19.2 Å². The molecule has 0 radical (unpaired) electrons. The van der Waals surface area contributed by atoms with E-state index in [1.54, 1.807) is 12.1 Å². The zero-order valence-electron chi connectivity index (χ0n) is 40.8. The van der Waals surface area contributed by atoms with Crippen molar-refractivity contribution in [1.82, 2.24) is 20.4 Å². The second-order valence-corrected chi connectivity index (χ2v) is 19.7. The fraction of sp³-hybridized carbons (Fsp3) is 0.654. The lowest BCUT2D eigenvalue weighted by molar-refractivity contribution is -0.161. The predicted molar refractivity (Wildman–Crippen MR) is 252 cm³/mol. The van der Waals surface area contributed by atoms with Gasteiger partial charge in [-0.25, -0.2) is 9.59 Å². The average Bonchev–Trinajstić information content (AvgIpc) is 4.15. The van der Waals surface area contributed by atoms with E-state index in [0.29, 0.717) is 43.6 Å². The number of aliphatic hydroxyl groups excluding tert-OH is 1. The van der Waals surface area contributed by atoms with E-state index in [9.17, 15) is 33.9 Å². The minimum Gasteiger partial charge on any atom is -0.508 e. The molecule has 6 fully saturated rings. The Bertz CT molecular complexity index is 2180. The Hall–Kier alpha value is -5.34. The van der Waals surface area contributed by atoms with Crippen molar-refractivity contribution in [2.75, 3.05) is 40.5 Å². The molecule has 19 heteroatoms. The Kier molecular flexibility index (Phi) is 17.9. The molecule has 10 rings (SSSR count). The van der Waals surface area contributed by atoms with Crippen LogP contribution in [0.1, 0.15) is 101 Å². The Morgan fingerprint density at radius 1 is 0.803 bits per heavy atom. The Morgan fingerprint density at radius 2 is 1.51 bits per heavy atom. The standard InChI is InChI=1S/C26H36N2O8.C26H34N2O7/c1-34-26(33)23-24-19(35-21(36-24)11-6-12-29)15-28(23)25(32)22(17-8-3-2-4-9-17)27-20(31)14-16-7-5-10-18(30)13-16;1-32-26(31)23-24-19-15-28(23)25(30)22(17-8-3-2-4-9-17)27-20(29)14-16-7-5-10-18(13-16)33-12-6-11-21(34-19)35-24/h5,7,10,13,17,19,21-24,29-30H,2-4,6,8-9,11-12,14-15H2,1H3,(H,27,31);5,7,10,13,17,19,21-24H,2-4,6,8-9,11-12,14-15H2,1H3,(H,27,29)/t2*19-,21?,22-,23-,24-/m00/s1. The second kappa shape index (κ2) is 24.4. The highest BCUT2D eigenvalue weighted by Crippen LogP contribution is 2.38. The number of likely N-dealkylation sites (tertiary alicyclic amines) is 1. The summed E-state index contributed by atoms with van der Waals surface area (Å²) in [5.74, 6) is -1.52. The second-order valence-electron chi connectivity index (χ2n) is 19.7. The van der Waals surface area contributed by atoms with Crippen LogP contribution in [-0.4, -0.2) is 157 Å². The Balaban J connectivity index is 0.000000190. The molecule has 71 heavy (non-hydrogen) atoms. The van der Waals surface area contributed by atoms with Gasteiger partial charge < -0.3 is 63.8 Å². The van der Waals surface area contributed by atoms with Crippen molar-refractivity contribution < 1.29 is 72.1 Å². The van der Waals surface area contributed by atoms with E-state index < -0.39 is 73.1 Å². The van der Waals surface area contributed by atoms with Gasteiger partial charge in [-0.05, 0) is 85.8 Å². The summed E-state index contributed by atoms with van der Waals surface area (Å²) >= 11 is 0. The van der Waals surface area contributed by atoms with Crippen molar-refractivity contribution in [3.8, 4) is 11.5 Å². The first-order valence-corrected chi connectivity index (χ1v) is 25.5. The van der Waals surface area contributed by atoms with Crippen molar-refractivity contribution in [3.63, 3.8) is 0 Å². The van der Waals surface area contributed by atoms with E-state index in [-0.39, 0.29) is 73.8 Å². The number of ether oxygens (including phenoxy) is 7. The van der Waals surface area contributed by atoms with Crippen LogP contribution in [0.2, 0.25) is 0 Å². The van der Waals surface area contributed by atoms with E-state index >= 15 is 0 Å². The third-order valence-electron chi connectivity index (χ3n) is 14.9. The number of esters is 2. The number of carbonyl (C=O) groups excluding carboxylic acids is 6. The molecule has 2 aromatic carbocycles. The van der Waals surface area contributed by atoms with Crippen LogP contribution in [-0.2, 0) is 70.0 Å². The van der Waals surface area contributed by atoms with Crippen LogP contribution < -0.4 is 15.4 Å². The number of phenolic OH excluding ortho intramolecular Hbond substituents is 1. The van der Waals surface area contributed by atoms with Crippen LogP contribution in [0.3, 0.4) is 0 Å². The molecule has 388 valence electrons. The zero-order valence-corrected chi connectivity index (χ0v) is 40.8. The molecule has 2 aliphatic carbocycles. The van der Waals surface area contributed by atoms with Gasteiger partial charge in [0.2, 0.25) is 23.6 Å². The summed E-state index contributed by atoms with van der Waals surface area (Å²) in [5.41, 5.74) is 1.46. The van der Waals surface area contributed by atoms with Crippen molar-refractivity contribution >= 4 is 35.6 Å². The van der Waals surface area contributed by atoms with Crippen LogP contribution >= 0.6 is 0 Å². The summed E-state index contributed by atoms with van der Waals surface area (Å²) < 4.78 is 40.1. The molecule has 6 heterocycles. The monoisotopic (exact) mass is 990 g/mol. The lowest BCUT2D eigenvalue weighted by atomic mass is 9.83. The molecule has 2 saturated carbocycles. The highest BCUT2D eigenvalue weighted by Gasteiger charge is 2.57. The smallest absolute Gasteiger partial charge is 0.331 e. The molecule has 6 aliphatic heterocycles. The maximum absolute atomic E-state index is 13.9. The molecular weight excluding hydrogens is 921 g/mol. The molecule has 0 aromatic heterocycles. The highest BCUT2D eigenvalue weighted by atomic mass is 16.7. The predicted octanol–water partition coefficient (Wildman–Crippen LogP) is 3.23. The summed E-state index contributed by atoms with van der Waals surface area (Å²) in [6, 6.07) is 10.6. The molecule has 4 amide bonds. The molecule has 10 atom stereocenters. The van der Waals surface area contributed by atoms with Crippen molar-refractivity contribution in [2.24, 2.45) is 11.8 Å². The molecule has 0 spiro atoms. The van der Waals surface area contributed by atoms with Gasteiger partial charge in [0.15, 0.2) is 24.7 Å². The van der Waals surface area contributed by atoms with Crippen LogP contribution in [0.15, 0.2) is 48.5 Å². The molecular formula is C52H70N4O15. The van der Waals surface area contributed by atoms with Crippen molar-refractivity contribution in [2.45, 2.75) is 164 Å². The number of methoxy groups -OCH3 is 2. The van der Waals surface area contributed by atoms with E-state index in [1.807, 2.05) is 24.3 Å². The summed E-state index contributed by atoms with van der Waals surface area (Å²) in [5, 5.41) is 24.8. The normalized spacial score (nSPS) is 29.5. The number of carbonyl (C=O) groups is 6. The van der Waals surface area contributed by atoms with Crippen molar-refractivity contribution in [1.29, 1.82) is 0 Å². The molecule has 2 aromatic rings. The maximum atomic E-state index is 13.9. The lowest BCUT2D eigenvalue weighted by Crippen LogP contribution is -2.56. The third kappa shape index (κ3) is 12.7. The number of hydrogen-bond acceptors (Lipinski definition) is 15. The summed E-state index contributed by atoms with van der Waals surface area (Å²) in [6.45, 7) is 0.874. The van der Waals surface area contributed by atoms with E-state index in [1.165, 1.54) is 36.2 Å². The van der Waals surface area contributed by atoms with Gasteiger partial charge in [-0.2, -0.15) is 0 Å². The fourth-order valence-electron chi connectivity index (χ4n) is 11.4. The van der Waals surface area contributed by atoms with Crippen LogP contribution in [0.4, 0.5) is 0 Å². The number of rotatable bonds is 11. The summed E-state index contributed by atoms with van der Waals surface area (Å²) in [6.07, 6.45) is 8.83. The SMILES string of the molecule is COC(=O)[C@@H]1[C@H]2OC(CCCO)O[C@H]2CN1C(=O)[C@@H](NC(=O)Cc1cccc(O)c1)C1CCCCC1.COC(=O)[C@@H]1[C@H]2OC3CCCOc4cccc(c4)CC(=O)N[C@@H](C4CCCCC4)C(=O)N1C[C@@H]2O3. The number of benzene rings is 2. The average molecular weight is 991 g/mol. The first-order valence-electron chi connectivity index (χ1n) is 25.5. The molecule has 8 aliphatic rings. The molecule has 6 bridgehead atoms. The van der Waals surface area contributed by atoms with Gasteiger partial charge >= 0.3 is 11.9 Å². The van der Waals surface area contributed by atoms with Crippen LogP contribution in [0.5, 0.6) is 11.5 Å². The van der Waals surface area contributed by atoms with Crippen LogP contribution in [0.25, 0.3) is 0 Å². The number of hydrogen-bond donors (Lipinski definition) is 4. The molecule has 4 saturated heterocycles. The quantitative estimate of drug-likeness (QED) is 0.237. The lowest BCUT2D eigenvalue weighted by Gasteiger charge is -2.35. The zero-order chi connectivity index (χ0) is 50.0. The van der Waals surface area contributed by atoms with E-state index in [2.05, 4.69) is 10.6 Å². The number of phenols is 1. The van der Waals surface area contributed by atoms with Gasteiger partial charge in [0.05, 0.1) is 46.8 Å². The molecule has 2 unspecified atom stereocenters. The topological polar surface area (TPSA) is 238 Å². The third-order valence-corrected chi connectivity index (χ3v) is 14.9. The minimum atomic E-state index is -0.972. The van der Waals surface area contributed by atoms with Gasteiger partial charge in [0, 0.05) is 19.4 Å². The maximum Gasteiger partial charge on any atom is 0.331 e. The van der Waals surface area contributed by atoms with Crippen molar-refractivity contribution in [3.05, 3.63) is 59.7 Å². The van der Waals surface area contributed by atoms with Gasteiger partial charge in [-0.15, -0.1) is 0 Å². The number of aromatic hydroxyl groups is 1. The number of fused-ring (bicyclic) bond motifs is 8. The van der Waals surface area contributed by atoms with E-state index in [4.69, 9.17) is 38.3 Å². The number of amides is 4. The van der Waals surface area contributed by atoms with Gasteiger partial charge in [0.1, 0.15) is 48.0 Å². The van der Waals surface area contributed by atoms with E-state index in [0.717, 1.165) is 69.8 Å². The minimum absolute atomic E-state index is 0.00889. The number of nitrogens with one attached hydrogen (secondary N) is 2.